The van der Waals surface area contributed by atoms with Crippen molar-refractivity contribution in [2.45, 2.75) is 26.2 Å². The molecule has 0 spiro atoms. The highest BCUT2D eigenvalue weighted by Gasteiger charge is 2.28. The quantitative estimate of drug-likeness (QED) is 0.926. The summed E-state index contributed by atoms with van der Waals surface area (Å²) in [7, 11) is 0. The van der Waals surface area contributed by atoms with E-state index in [-0.39, 0.29) is 17.7 Å². The Morgan fingerprint density at radius 1 is 1.39 bits per heavy atom. The molecule has 0 aliphatic carbocycles. The van der Waals surface area contributed by atoms with Crippen LogP contribution in [0.4, 0.5) is 5.13 Å². The molecule has 2 aromatic rings. The molecule has 3 rings (SSSR count). The summed E-state index contributed by atoms with van der Waals surface area (Å²) in [4.78, 5) is 26.3. The lowest BCUT2D eigenvalue weighted by atomic mass is 9.95. The Labute approximate surface area is 137 Å². The molecule has 0 aromatic carbocycles. The molecule has 0 unspecified atom stereocenters. The molecule has 8 heteroatoms. The van der Waals surface area contributed by atoms with E-state index in [0.29, 0.717) is 36.6 Å². The molecule has 7 nitrogen and oxygen atoms in total. The number of amides is 2. The number of rotatable bonds is 4. The fraction of sp³-hybridized carbons (Fsp3) is 0.467. The predicted octanol–water partition coefficient (Wildman–Crippen LogP) is 2.18. The predicted molar refractivity (Wildman–Crippen MR) is 85.3 cm³/mol. The zero-order valence-corrected chi connectivity index (χ0v) is 13.6. The minimum atomic E-state index is -0.0997. The Kier molecular flexibility index (Phi) is 4.71. The van der Waals surface area contributed by atoms with Crippen LogP contribution in [0.1, 0.15) is 35.1 Å². The molecule has 0 radical (unpaired) electrons. The van der Waals surface area contributed by atoms with Gasteiger partial charge in [-0.25, -0.2) is 0 Å². The minimum absolute atomic E-state index is 0.0424. The summed E-state index contributed by atoms with van der Waals surface area (Å²) in [6.07, 6.45) is 5.04. The first-order chi connectivity index (χ1) is 11.2. The van der Waals surface area contributed by atoms with E-state index in [1.165, 1.54) is 23.9 Å². The lowest BCUT2D eigenvalue weighted by molar-refractivity contribution is -0.121. The Bertz CT molecular complexity index is 675. The standard InChI is InChI=1S/C15H18N4O3S/c1-2-12-17-18-15(23-12)16-13(20)10-3-6-19(7-4-10)14(21)11-5-8-22-9-11/h5,8-10H,2-4,6-7H2,1H3,(H,16,18,20). The third-order valence-corrected chi connectivity index (χ3v) is 4.90. The largest absolute Gasteiger partial charge is 0.472 e. The van der Waals surface area contributed by atoms with Gasteiger partial charge in [0.1, 0.15) is 11.3 Å². The molecule has 1 saturated heterocycles. The van der Waals surface area contributed by atoms with Crippen molar-refractivity contribution in [3.63, 3.8) is 0 Å². The number of hydrogen-bond acceptors (Lipinski definition) is 6. The number of aromatic nitrogens is 2. The number of furan rings is 1. The van der Waals surface area contributed by atoms with Gasteiger partial charge in [-0.3, -0.25) is 9.59 Å². The van der Waals surface area contributed by atoms with Crippen molar-refractivity contribution < 1.29 is 14.0 Å². The van der Waals surface area contributed by atoms with Crippen molar-refractivity contribution in [2.75, 3.05) is 18.4 Å². The van der Waals surface area contributed by atoms with Crippen LogP contribution in [-0.2, 0) is 11.2 Å². The van der Waals surface area contributed by atoms with Gasteiger partial charge in [0.25, 0.3) is 5.91 Å². The number of nitrogens with one attached hydrogen (secondary N) is 1. The van der Waals surface area contributed by atoms with Crippen molar-refractivity contribution in [3.8, 4) is 0 Å². The highest BCUT2D eigenvalue weighted by atomic mass is 32.1. The van der Waals surface area contributed by atoms with Gasteiger partial charge in [0.2, 0.25) is 11.0 Å². The minimum Gasteiger partial charge on any atom is -0.472 e. The van der Waals surface area contributed by atoms with Gasteiger partial charge in [0.05, 0.1) is 11.8 Å². The molecular weight excluding hydrogens is 316 g/mol. The molecule has 3 heterocycles. The van der Waals surface area contributed by atoms with Crippen LogP contribution in [0, 0.1) is 5.92 Å². The summed E-state index contributed by atoms with van der Waals surface area (Å²) in [5.74, 6) is -0.189. The molecule has 1 aliphatic rings. The number of carbonyl (C=O) groups excluding carboxylic acids is 2. The van der Waals surface area contributed by atoms with Crippen LogP contribution in [-0.4, -0.2) is 40.0 Å². The Morgan fingerprint density at radius 3 is 2.78 bits per heavy atom. The molecule has 1 fully saturated rings. The summed E-state index contributed by atoms with van der Waals surface area (Å²) in [5.41, 5.74) is 0.550. The van der Waals surface area contributed by atoms with Crippen LogP contribution >= 0.6 is 11.3 Å². The number of piperidine rings is 1. The Balaban J connectivity index is 1.52. The second-order valence-corrected chi connectivity index (χ2v) is 6.48. The fourth-order valence-electron chi connectivity index (χ4n) is 2.57. The van der Waals surface area contributed by atoms with Crippen molar-refractivity contribution in [1.29, 1.82) is 0 Å². The molecular formula is C15H18N4O3S. The first-order valence-electron chi connectivity index (χ1n) is 7.62. The smallest absolute Gasteiger partial charge is 0.257 e. The maximum absolute atomic E-state index is 12.3. The molecule has 0 atom stereocenters. The number of carbonyl (C=O) groups is 2. The van der Waals surface area contributed by atoms with E-state index in [4.69, 9.17) is 4.42 Å². The summed E-state index contributed by atoms with van der Waals surface area (Å²) in [5, 5.41) is 12.2. The van der Waals surface area contributed by atoms with E-state index in [1.54, 1.807) is 11.0 Å². The van der Waals surface area contributed by atoms with Gasteiger partial charge >= 0.3 is 0 Å². The third kappa shape index (κ3) is 3.58. The van der Waals surface area contributed by atoms with Gasteiger partial charge in [-0.05, 0) is 25.3 Å². The number of hydrogen-bond donors (Lipinski definition) is 1. The molecule has 23 heavy (non-hydrogen) atoms. The molecule has 2 amide bonds. The molecule has 1 N–H and O–H groups in total. The van der Waals surface area contributed by atoms with E-state index >= 15 is 0 Å². The second-order valence-electron chi connectivity index (χ2n) is 5.42. The van der Waals surface area contributed by atoms with Gasteiger partial charge < -0.3 is 14.6 Å². The van der Waals surface area contributed by atoms with Crippen LogP contribution in [0.2, 0.25) is 0 Å². The maximum Gasteiger partial charge on any atom is 0.257 e. The first-order valence-corrected chi connectivity index (χ1v) is 8.43. The lowest BCUT2D eigenvalue weighted by Crippen LogP contribution is -2.41. The zero-order valence-electron chi connectivity index (χ0n) is 12.8. The number of anilines is 1. The van der Waals surface area contributed by atoms with Crippen LogP contribution in [0.25, 0.3) is 0 Å². The van der Waals surface area contributed by atoms with Crippen molar-refractivity contribution >= 4 is 28.3 Å². The van der Waals surface area contributed by atoms with Crippen LogP contribution in [0.15, 0.2) is 23.0 Å². The number of likely N-dealkylation sites (tertiary alicyclic amines) is 1. The van der Waals surface area contributed by atoms with Crippen LogP contribution < -0.4 is 5.32 Å². The van der Waals surface area contributed by atoms with Gasteiger partial charge in [0, 0.05) is 19.0 Å². The van der Waals surface area contributed by atoms with E-state index < -0.39 is 0 Å². The zero-order chi connectivity index (χ0) is 16.2. The highest BCUT2D eigenvalue weighted by Crippen LogP contribution is 2.22. The second kappa shape index (κ2) is 6.91. The Hall–Kier alpha value is -2.22. The van der Waals surface area contributed by atoms with E-state index in [9.17, 15) is 9.59 Å². The maximum atomic E-state index is 12.3. The van der Waals surface area contributed by atoms with Crippen molar-refractivity contribution in [1.82, 2.24) is 15.1 Å². The lowest BCUT2D eigenvalue weighted by Gasteiger charge is -2.30. The van der Waals surface area contributed by atoms with E-state index in [0.717, 1.165) is 11.4 Å². The highest BCUT2D eigenvalue weighted by molar-refractivity contribution is 7.15. The van der Waals surface area contributed by atoms with Gasteiger partial charge in [0.15, 0.2) is 0 Å². The number of aryl methyl sites for hydroxylation is 1. The van der Waals surface area contributed by atoms with Gasteiger partial charge in [-0.15, -0.1) is 10.2 Å². The fourth-order valence-corrected chi connectivity index (χ4v) is 3.25. The molecule has 0 bridgehead atoms. The third-order valence-electron chi connectivity index (χ3n) is 3.92. The summed E-state index contributed by atoms with van der Waals surface area (Å²) in [6.45, 7) is 3.13. The molecule has 1 aliphatic heterocycles. The SMILES string of the molecule is CCc1nnc(NC(=O)C2CCN(C(=O)c3ccoc3)CC2)s1. The average molecular weight is 334 g/mol. The van der Waals surface area contributed by atoms with E-state index in [1.807, 2.05) is 6.92 Å². The van der Waals surface area contributed by atoms with Gasteiger partial charge in [-0.2, -0.15) is 0 Å². The topological polar surface area (TPSA) is 88.3 Å². The summed E-state index contributed by atoms with van der Waals surface area (Å²) >= 11 is 1.40. The average Bonchev–Trinajstić information content (AvgIpc) is 3.26. The van der Waals surface area contributed by atoms with Crippen LogP contribution in [0.5, 0.6) is 0 Å². The van der Waals surface area contributed by atoms with Crippen molar-refractivity contribution in [3.05, 3.63) is 29.2 Å². The van der Waals surface area contributed by atoms with Crippen LogP contribution in [0.3, 0.4) is 0 Å². The Morgan fingerprint density at radius 2 is 2.17 bits per heavy atom. The number of nitrogens with zero attached hydrogens (tertiary/aromatic N) is 3. The first kappa shape index (κ1) is 15.7. The van der Waals surface area contributed by atoms with Gasteiger partial charge in [-0.1, -0.05) is 18.3 Å². The molecule has 122 valence electrons. The summed E-state index contributed by atoms with van der Waals surface area (Å²) in [6, 6.07) is 1.65. The molecule has 2 aromatic heterocycles. The molecule has 0 saturated carbocycles. The van der Waals surface area contributed by atoms with Crippen molar-refractivity contribution in [2.24, 2.45) is 5.92 Å². The normalized spacial score (nSPS) is 15.6. The van der Waals surface area contributed by atoms with E-state index in [2.05, 4.69) is 15.5 Å². The summed E-state index contributed by atoms with van der Waals surface area (Å²) < 4.78 is 4.94. The monoisotopic (exact) mass is 334 g/mol.